The molecule has 1 heterocycles. The smallest absolute Gasteiger partial charge is 0.0556 e. The lowest BCUT2D eigenvalue weighted by atomic mass is 10.2. The first-order valence-corrected chi connectivity index (χ1v) is 3.73. The molecule has 1 aliphatic heterocycles. The van der Waals surface area contributed by atoms with E-state index in [0.29, 0.717) is 0 Å². The number of hydrogen-bond acceptors (Lipinski definition) is 0. The zero-order valence-corrected chi connectivity index (χ0v) is 4.96. The van der Waals surface area contributed by atoms with Crippen molar-refractivity contribution in [3.8, 4) is 0 Å². The SMILES string of the molecule is C1=C[C@@H]2[Si][C@@H]2C=C1. The van der Waals surface area contributed by atoms with Crippen LogP contribution in [0.5, 0.6) is 0 Å². The van der Waals surface area contributed by atoms with Gasteiger partial charge in [0.25, 0.3) is 0 Å². The monoisotopic (exact) mass is 106 g/mol. The van der Waals surface area contributed by atoms with Gasteiger partial charge in [0, 0.05) is 0 Å². The third-order valence-electron chi connectivity index (χ3n) is 1.41. The van der Waals surface area contributed by atoms with Crippen LogP contribution in [0.15, 0.2) is 24.3 Å². The number of rotatable bonds is 0. The van der Waals surface area contributed by atoms with Gasteiger partial charge in [0.05, 0.1) is 9.52 Å². The zero-order valence-electron chi connectivity index (χ0n) is 3.96. The molecule has 2 radical (unpaired) electrons. The molecule has 1 saturated heterocycles. The molecule has 0 nitrogen and oxygen atoms in total. The average Bonchev–Trinajstić information content (AvgIpc) is 2.41. The fraction of sp³-hybridized carbons (Fsp3) is 0.333. The Morgan fingerprint density at radius 1 is 1.00 bits per heavy atom. The van der Waals surface area contributed by atoms with E-state index in [1.54, 1.807) is 0 Å². The molecule has 0 aromatic rings. The quantitative estimate of drug-likeness (QED) is 0.409. The first kappa shape index (κ1) is 3.67. The van der Waals surface area contributed by atoms with E-state index >= 15 is 0 Å². The van der Waals surface area contributed by atoms with Crippen LogP contribution in [-0.4, -0.2) is 9.52 Å². The van der Waals surface area contributed by atoms with Gasteiger partial charge in [0.2, 0.25) is 0 Å². The molecule has 34 valence electrons. The summed E-state index contributed by atoms with van der Waals surface area (Å²) in [6.45, 7) is 0. The van der Waals surface area contributed by atoms with Crippen LogP contribution in [0, 0.1) is 0 Å². The van der Waals surface area contributed by atoms with Gasteiger partial charge in [-0.25, -0.2) is 0 Å². The van der Waals surface area contributed by atoms with Gasteiger partial charge in [0.1, 0.15) is 0 Å². The van der Waals surface area contributed by atoms with E-state index in [2.05, 4.69) is 24.3 Å². The minimum atomic E-state index is 0.963. The molecule has 2 atom stereocenters. The molecule has 0 saturated carbocycles. The van der Waals surface area contributed by atoms with Crippen molar-refractivity contribution in [2.24, 2.45) is 0 Å². The van der Waals surface area contributed by atoms with Crippen LogP contribution in [0.1, 0.15) is 0 Å². The normalized spacial score (nSPS) is 43.4. The van der Waals surface area contributed by atoms with Crippen LogP contribution < -0.4 is 0 Å². The van der Waals surface area contributed by atoms with Crippen LogP contribution in [0.25, 0.3) is 0 Å². The Bertz CT molecular complexity index is 119. The van der Waals surface area contributed by atoms with E-state index in [4.69, 9.17) is 0 Å². The van der Waals surface area contributed by atoms with Crippen LogP contribution in [0.4, 0.5) is 0 Å². The second-order valence-electron chi connectivity index (χ2n) is 1.99. The minimum absolute atomic E-state index is 0.963. The van der Waals surface area contributed by atoms with Gasteiger partial charge in [0.15, 0.2) is 0 Å². The summed E-state index contributed by atoms with van der Waals surface area (Å²) in [5, 5.41) is 0. The van der Waals surface area contributed by atoms with Gasteiger partial charge in [-0.2, -0.15) is 0 Å². The maximum absolute atomic E-state index is 2.31. The van der Waals surface area contributed by atoms with Crippen LogP contribution in [-0.2, 0) is 0 Å². The molecule has 0 aromatic carbocycles. The summed E-state index contributed by atoms with van der Waals surface area (Å²) in [6, 6.07) is 0. The van der Waals surface area contributed by atoms with Crippen molar-refractivity contribution in [3.63, 3.8) is 0 Å². The number of allylic oxidation sites excluding steroid dienone is 4. The Morgan fingerprint density at radius 2 is 1.57 bits per heavy atom. The Kier molecular flexibility index (Phi) is 0.576. The summed E-state index contributed by atoms with van der Waals surface area (Å²) in [6.07, 6.45) is 8.93. The summed E-state index contributed by atoms with van der Waals surface area (Å²) >= 11 is 0. The lowest BCUT2D eigenvalue weighted by molar-refractivity contribution is 1.18. The third kappa shape index (κ3) is 0.483. The van der Waals surface area contributed by atoms with E-state index in [9.17, 15) is 0 Å². The molecule has 0 bridgehead atoms. The van der Waals surface area contributed by atoms with Crippen LogP contribution >= 0.6 is 0 Å². The Balaban J connectivity index is 2.28. The van der Waals surface area contributed by atoms with Crippen molar-refractivity contribution in [2.75, 3.05) is 0 Å². The Hall–Kier alpha value is -0.303. The van der Waals surface area contributed by atoms with E-state index in [1.165, 1.54) is 9.52 Å². The minimum Gasteiger partial charge on any atom is -0.0843 e. The van der Waals surface area contributed by atoms with Crippen molar-refractivity contribution >= 4 is 9.52 Å². The lowest BCUT2D eigenvalue weighted by Crippen LogP contribution is -1.64. The summed E-state index contributed by atoms with van der Waals surface area (Å²) < 4.78 is 0. The molecule has 1 fully saturated rings. The molecule has 2 rings (SSSR count). The van der Waals surface area contributed by atoms with Crippen molar-refractivity contribution < 1.29 is 0 Å². The second-order valence-corrected chi connectivity index (χ2v) is 3.65. The molecular formula is C6H6Si. The summed E-state index contributed by atoms with van der Waals surface area (Å²) in [5.41, 5.74) is 1.93. The Labute approximate surface area is 45.7 Å². The second kappa shape index (κ2) is 1.10. The van der Waals surface area contributed by atoms with Gasteiger partial charge in [-0.15, -0.1) is 0 Å². The van der Waals surface area contributed by atoms with Gasteiger partial charge < -0.3 is 0 Å². The molecule has 0 unspecified atom stereocenters. The molecule has 1 aliphatic carbocycles. The molecule has 1 heteroatoms. The first-order valence-electron chi connectivity index (χ1n) is 2.58. The molecule has 7 heavy (non-hydrogen) atoms. The van der Waals surface area contributed by atoms with Crippen molar-refractivity contribution in [1.82, 2.24) is 0 Å². The van der Waals surface area contributed by atoms with Crippen LogP contribution in [0.2, 0.25) is 11.1 Å². The van der Waals surface area contributed by atoms with Gasteiger partial charge in [-0.05, 0) is 11.1 Å². The maximum atomic E-state index is 2.31. The van der Waals surface area contributed by atoms with Crippen molar-refractivity contribution in [2.45, 2.75) is 11.1 Å². The molecule has 0 aromatic heterocycles. The first-order chi connectivity index (χ1) is 3.47. The van der Waals surface area contributed by atoms with Gasteiger partial charge in [-0.3, -0.25) is 0 Å². The van der Waals surface area contributed by atoms with E-state index in [0.717, 1.165) is 11.1 Å². The summed E-state index contributed by atoms with van der Waals surface area (Å²) in [5.74, 6) is 0. The average molecular weight is 106 g/mol. The fourth-order valence-corrected chi connectivity index (χ4v) is 1.88. The third-order valence-corrected chi connectivity index (χ3v) is 2.90. The highest BCUT2D eigenvalue weighted by Gasteiger charge is 2.34. The van der Waals surface area contributed by atoms with Crippen molar-refractivity contribution in [3.05, 3.63) is 24.3 Å². The van der Waals surface area contributed by atoms with Crippen LogP contribution in [0.3, 0.4) is 0 Å². The predicted molar refractivity (Wildman–Crippen MR) is 31.5 cm³/mol. The molecular weight excluding hydrogens is 100 g/mol. The molecule has 2 aliphatic rings. The topological polar surface area (TPSA) is 0 Å². The predicted octanol–water partition coefficient (Wildman–Crippen LogP) is 1.41. The fourth-order valence-electron chi connectivity index (χ4n) is 0.885. The van der Waals surface area contributed by atoms with Crippen molar-refractivity contribution in [1.29, 1.82) is 0 Å². The standard InChI is InChI=1S/C6H6Si/c1-2-4-6-5(3-1)7-6/h1-6H/t5-,6+. The van der Waals surface area contributed by atoms with E-state index < -0.39 is 0 Å². The Morgan fingerprint density at radius 3 is 2.00 bits per heavy atom. The number of fused-ring (bicyclic) bond motifs is 1. The van der Waals surface area contributed by atoms with E-state index in [1.807, 2.05) is 0 Å². The maximum Gasteiger partial charge on any atom is 0.0556 e. The lowest BCUT2D eigenvalue weighted by Gasteiger charge is -1.88. The van der Waals surface area contributed by atoms with Gasteiger partial charge >= 0.3 is 0 Å². The highest BCUT2D eigenvalue weighted by molar-refractivity contribution is 6.55. The summed E-state index contributed by atoms with van der Waals surface area (Å²) in [7, 11) is 1.20. The largest absolute Gasteiger partial charge is 0.0843 e. The number of hydrogen-bond donors (Lipinski definition) is 0. The zero-order chi connectivity index (χ0) is 4.69. The molecule has 0 amide bonds. The van der Waals surface area contributed by atoms with Gasteiger partial charge in [-0.1, -0.05) is 24.3 Å². The highest BCUT2D eigenvalue weighted by Crippen LogP contribution is 2.45. The summed E-state index contributed by atoms with van der Waals surface area (Å²) in [4.78, 5) is 0. The molecule has 0 N–H and O–H groups in total. The molecule has 0 spiro atoms. The highest BCUT2D eigenvalue weighted by atomic mass is 28.2. The van der Waals surface area contributed by atoms with E-state index in [-0.39, 0.29) is 0 Å².